The van der Waals surface area contributed by atoms with Crippen LogP contribution in [-0.4, -0.2) is 82.4 Å². The van der Waals surface area contributed by atoms with Crippen LogP contribution in [0.1, 0.15) is 18.9 Å². The maximum Gasteiger partial charge on any atom is 0.387 e. The van der Waals surface area contributed by atoms with Crippen LogP contribution >= 0.6 is 37.1 Å². The molecule has 19 nitrogen and oxygen atoms in total. The number of carbonyl (C=O) groups is 1. The standard InChI is InChI=1S/C20H21N9O10P2S3/c21-15-11-17(25-4-23-15)28(6-27-11)19-13-12(30)9(37-19)3-35-40(32,42)38-7-1-10(36-8(7)2-34-41(33,43)39-13)29-18-14(44-20(29)31)16(22)24-5-26-18/h4-10,13,19H,1-3H2,(H,32,42)(H,33,43)(H2,21,23,25)(H2,22,24,26)/t7?,8-,9?,10-,13+,19-,40?,41?/m1/s1. The van der Waals surface area contributed by atoms with Gasteiger partial charge >= 0.3 is 18.4 Å². The number of aromatic nitrogens is 7. The molecule has 2 bridgehead atoms. The van der Waals surface area contributed by atoms with Crippen LogP contribution in [0.15, 0.2) is 23.8 Å². The molecule has 0 amide bonds. The van der Waals surface area contributed by atoms with Gasteiger partial charge in [0.2, 0.25) is 0 Å². The Balaban J connectivity index is 1.20. The lowest BCUT2D eigenvalue weighted by atomic mass is 10.2. The molecule has 7 rings (SSSR count). The van der Waals surface area contributed by atoms with E-state index >= 15 is 0 Å². The minimum Gasteiger partial charge on any atom is -0.382 e. The zero-order chi connectivity index (χ0) is 31.0. The molecule has 0 saturated carbocycles. The second kappa shape index (κ2) is 11.1. The number of nitrogens with zero attached hydrogens (tertiary/aromatic N) is 7. The average Bonchev–Trinajstić information content (AvgIpc) is 3.71. The van der Waals surface area contributed by atoms with Crippen molar-refractivity contribution in [1.82, 2.24) is 34.1 Å². The number of thiazole rings is 1. The lowest BCUT2D eigenvalue weighted by molar-refractivity contribution is -0.127. The van der Waals surface area contributed by atoms with Gasteiger partial charge in [-0.15, -0.1) is 0 Å². The molecule has 0 spiro atoms. The van der Waals surface area contributed by atoms with Crippen LogP contribution in [0.5, 0.6) is 0 Å². The third-order valence-corrected chi connectivity index (χ3v) is 11.2. The van der Waals surface area contributed by atoms with Crippen LogP contribution in [0.4, 0.5) is 11.6 Å². The first kappa shape index (κ1) is 30.2. The molecule has 0 aliphatic carbocycles. The predicted octanol–water partition coefficient (Wildman–Crippen LogP) is 0.683. The Kier molecular flexibility index (Phi) is 7.63. The lowest BCUT2D eigenvalue weighted by Crippen LogP contribution is -2.30. The van der Waals surface area contributed by atoms with Crippen LogP contribution in [0.2, 0.25) is 0 Å². The first-order chi connectivity index (χ1) is 20.9. The highest BCUT2D eigenvalue weighted by Crippen LogP contribution is 2.58. The minimum absolute atomic E-state index is 0.0219. The van der Waals surface area contributed by atoms with Crippen LogP contribution in [0, 0.1) is 0 Å². The normalized spacial score (nSPS) is 34.9. The molecular formula is C20H21N9O10P2S3. The summed E-state index contributed by atoms with van der Waals surface area (Å²) in [4.78, 5) is 57.1. The molecule has 3 aliphatic heterocycles. The van der Waals surface area contributed by atoms with Crippen molar-refractivity contribution in [1.29, 1.82) is 0 Å². The molecule has 8 atom stereocenters. The quantitative estimate of drug-likeness (QED) is 0.165. The van der Waals surface area contributed by atoms with Crippen LogP contribution in [-0.2, 0) is 48.7 Å². The van der Waals surface area contributed by atoms with Gasteiger partial charge in [0.1, 0.15) is 47.1 Å². The van der Waals surface area contributed by atoms with E-state index in [1.54, 1.807) is 0 Å². The first-order valence-electron chi connectivity index (χ1n) is 12.6. The van der Waals surface area contributed by atoms with Crippen LogP contribution < -0.4 is 16.3 Å². The summed E-state index contributed by atoms with van der Waals surface area (Å²) < 4.78 is 50.9. The summed E-state index contributed by atoms with van der Waals surface area (Å²) in [5.74, 6) is -0.503. The number of anilines is 2. The molecule has 44 heavy (non-hydrogen) atoms. The number of fused-ring (bicyclic) bond motifs is 5. The molecule has 7 heterocycles. The Hall–Kier alpha value is -2.46. The summed E-state index contributed by atoms with van der Waals surface area (Å²) in [6.07, 6.45) is -3.53. The fourth-order valence-electron chi connectivity index (χ4n) is 5.07. The van der Waals surface area contributed by atoms with E-state index in [9.17, 15) is 19.0 Å². The summed E-state index contributed by atoms with van der Waals surface area (Å²) in [5.41, 5.74) is 12.5. The topological polar surface area (TPSA) is 253 Å². The Morgan fingerprint density at radius 1 is 1.00 bits per heavy atom. The number of ether oxygens (including phenoxy) is 2. The molecule has 4 unspecified atom stereocenters. The molecule has 4 aromatic rings. The highest BCUT2D eigenvalue weighted by molar-refractivity contribution is 8.44. The van der Waals surface area contributed by atoms with Crippen molar-refractivity contribution in [2.45, 2.75) is 43.3 Å². The molecular weight excluding hydrogens is 684 g/mol. The Labute approximate surface area is 259 Å². The van der Waals surface area contributed by atoms with E-state index in [-0.39, 0.29) is 34.9 Å². The number of nitrogens with two attached hydrogens (primary N) is 2. The highest BCUT2D eigenvalue weighted by Gasteiger charge is 2.51. The first-order valence-corrected chi connectivity index (χ1v) is 18.7. The number of imidazole rings is 1. The zero-order valence-electron chi connectivity index (χ0n) is 21.9. The average molecular weight is 706 g/mol. The summed E-state index contributed by atoms with van der Waals surface area (Å²) in [7, 11) is 0. The molecule has 5 N–H and O–H groups in total. The Bertz CT molecular complexity index is 1960. The largest absolute Gasteiger partial charge is 0.387 e. The third-order valence-electron chi connectivity index (χ3n) is 7.02. The van der Waals surface area contributed by atoms with Gasteiger partial charge in [0.25, 0.3) is 0 Å². The van der Waals surface area contributed by atoms with E-state index in [0.29, 0.717) is 4.70 Å². The number of Topliss-reactive ketones (excluding diaryl/α,β-unsaturated/α-hetero) is 1. The SMILES string of the molecule is Nc1ncnc2c1ncn2[C@@H]1OC2COP(O)(=S)OC3C[C@H](n4c(=O)sc5c(N)ncnc54)O[C@@H]3COP(=O)(S)O[C@H]1C2=O. The third kappa shape index (κ3) is 5.37. The predicted molar refractivity (Wildman–Crippen MR) is 158 cm³/mol. The van der Waals surface area contributed by atoms with Crippen molar-refractivity contribution in [3.63, 3.8) is 0 Å². The van der Waals surface area contributed by atoms with E-state index in [0.717, 1.165) is 11.3 Å². The number of thiol groups is 1. The molecule has 3 fully saturated rings. The van der Waals surface area contributed by atoms with Gasteiger partial charge in [-0.05, 0) is 11.8 Å². The van der Waals surface area contributed by atoms with Gasteiger partial charge in [-0.25, -0.2) is 29.5 Å². The van der Waals surface area contributed by atoms with Crippen molar-refractivity contribution < 1.29 is 41.8 Å². The minimum atomic E-state index is -4.32. The lowest BCUT2D eigenvalue weighted by Gasteiger charge is -2.26. The summed E-state index contributed by atoms with van der Waals surface area (Å²) in [6.45, 7) is -9.40. The van der Waals surface area contributed by atoms with Crippen molar-refractivity contribution in [2.24, 2.45) is 0 Å². The van der Waals surface area contributed by atoms with Crippen LogP contribution in [0.25, 0.3) is 21.5 Å². The molecule has 0 aromatic carbocycles. The fraction of sp³-hybridized carbons (Fsp3) is 0.450. The number of rotatable bonds is 2. The number of carbonyl (C=O) groups excluding carboxylic acids is 1. The van der Waals surface area contributed by atoms with Gasteiger partial charge in [-0.2, -0.15) is 0 Å². The van der Waals surface area contributed by atoms with Crippen molar-refractivity contribution in [3.8, 4) is 0 Å². The van der Waals surface area contributed by atoms with Gasteiger partial charge in [0, 0.05) is 6.42 Å². The number of nitrogen functional groups attached to an aromatic ring is 2. The second-order valence-electron chi connectivity index (χ2n) is 9.71. The fourth-order valence-corrected chi connectivity index (χ4v) is 8.81. The van der Waals surface area contributed by atoms with Gasteiger partial charge < -0.3 is 34.9 Å². The van der Waals surface area contributed by atoms with E-state index in [4.69, 9.17) is 50.8 Å². The van der Waals surface area contributed by atoms with Crippen molar-refractivity contribution in [2.75, 3.05) is 24.7 Å². The zero-order valence-corrected chi connectivity index (χ0v) is 26.2. The number of hydrogen-bond donors (Lipinski definition) is 4. The monoisotopic (exact) mass is 705 g/mol. The number of ketones is 1. The summed E-state index contributed by atoms with van der Waals surface area (Å²) in [6, 6.07) is 0. The van der Waals surface area contributed by atoms with E-state index in [1.165, 1.54) is 28.1 Å². The van der Waals surface area contributed by atoms with E-state index in [1.807, 2.05) is 0 Å². The highest BCUT2D eigenvalue weighted by atomic mass is 32.7. The van der Waals surface area contributed by atoms with E-state index in [2.05, 4.69) is 37.2 Å². The summed E-state index contributed by atoms with van der Waals surface area (Å²) >= 11 is 10.1. The molecule has 24 heteroatoms. The van der Waals surface area contributed by atoms with Gasteiger partial charge in [0.05, 0.1) is 25.6 Å². The smallest absolute Gasteiger partial charge is 0.382 e. The molecule has 0 radical (unpaired) electrons. The van der Waals surface area contributed by atoms with Gasteiger partial charge in [-0.1, -0.05) is 23.6 Å². The molecule has 3 saturated heterocycles. The Morgan fingerprint density at radius 3 is 2.55 bits per heavy atom. The maximum absolute atomic E-state index is 13.5. The summed E-state index contributed by atoms with van der Waals surface area (Å²) in [5, 5.41) is 0. The van der Waals surface area contributed by atoms with Crippen molar-refractivity contribution in [3.05, 3.63) is 28.6 Å². The molecule has 4 aromatic heterocycles. The Morgan fingerprint density at radius 2 is 1.75 bits per heavy atom. The van der Waals surface area contributed by atoms with Crippen molar-refractivity contribution >= 4 is 87.8 Å². The number of hydrogen-bond acceptors (Lipinski definition) is 18. The second-order valence-corrected chi connectivity index (χ2v) is 16.3. The van der Waals surface area contributed by atoms with E-state index < -0.39 is 74.3 Å². The van der Waals surface area contributed by atoms with Gasteiger partial charge in [0.15, 0.2) is 35.2 Å². The molecule has 3 aliphatic rings. The van der Waals surface area contributed by atoms with Crippen LogP contribution in [0.3, 0.4) is 0 Å². The maximum atomic E-state index is 13.5. The molecule has 234 valence electrons. The van der Waals surface area contributed by atoms with Gasteiger partial charge in [-0.3, -0.25) is 27.8 Å².